The van der Waals surface area contributed by atoms with E-state index in [1.165, 1.54) is 0 Å². The highest BCUT2D eigenvalue weighted by Crippen LogP contribution is 2.51. The third kappa shape index (κ3) is 5.68. The van der Waals surface area contributed by atoms with Gasteiger partial charge in [0.05, 0.1) is 25.3 Å². The number of aromatic nitrogens is 2. The fourth-order valence-corrected chi connectivity index (χ4v) is 5.64. The van der Waals surface area contributed by atoms with Gasteiger partial charge in [-0.05, 0) is 47.2 Å². The van der Waals surface area contributed by atoms with Gasteiger partial charge in [0.2, 0.25) is 5.91 Å². The molecule has 1 fully saturated rings. The van der Waals surface area contributed by atoms with Crippen LogP contribution in [0.5, 0.6) is 0 Å². The zero-order chi connectivity index (χ0) is 26.8. The minimum Gasteiger partial charge on any atom is -0.394 e. The molecule has 1 saturated heterocycles. The first-order valence-corrected chi connectivity index (χ1v) is 13.0. The number of nitriles is 1. The van der Waals surface area contributed by atoms with Gasteiger partial charge in [-0.3, -0.25) is 9.48 Å². The molecule has 3 N–H and O–H groups in total. The monoisotopic (exact) mass is 539 g/mol. The molecule has 3 aromatic rings. The first kappa shape index (κ1) is 27.2. The summed E-state index contributed by atoms with van der Waals surface area (Å²) in [6.45, 7) is 6.62. The lowest BCUT2D eigenvalue weighted by molar-refractivity contribution is -0.118. The summed E-state index contributed by atoms with van der Waals surface area (Å²) in [5.74, 6) is -0.480. The molecule has 2 heterocycles. The lowest BCUT2D eigenvalue weighted by Crippen LogP contribution is -2.44. The average molecular weight is 540 g/mol. The number of carbonyl (C=O) groups excluding carboxylic acids is 1. The molecule has 0 unspecified atom stereocenters. The summed E-state index contributed by atoms with van der Waals surface area (Å²) < 4.78 is 1.56. The van der Waals surface area contributed by atoms with Gasteiger partial charge in [-0.15, -0.1) is 0 Å². The van der Waals surface area contributed by atoms with Crippen molar-refractivity contribution in [3.8, 4) is 6.07 Å². The predicted molar refractivity (Wildman–Crippen MR) is 146 cm³/mol. The molecule has 0 saturated carbocycles. The van der Waals surface area contributed by atoms with Crippen LogP contribution in [-0.4, -0.2) is 39.5 Å². The summed E-state index contributed by atoms with van der Waals surface area (Å²) in [6, 6.07) is 17.9. The highest BCUT2D eigenvalue weighted by atomic mass is 35.5. The fraction of sp³-hybridized carbons (Fsp3) is 0.393. The minimum absolute atomic E-state index is 0.0592. The molecule has 0 aliphatic carbocycles. The third-order valence-corrected chi connectivity index (χ3v) is 7.28. The second-order valence-corrected chi connectivity index (χ2v) is 11.5. The van der Waals surface area contributed by atoms with E-state index in [2.05, 4.69) is 42.6 Å². The Hall–Kier alpha value is -2.89. The minimum atomic E-state index is -1.08. The molecule has 37 heavy (non-hydrogen) atoms. The number of carbonyl (C=O) groups is 1. The Morgan fingerprint density at radius 2 is 1.92 bits per heavy atom. The van der Waals surface area contributed by atoms with Crippen LogP contribution in [0.3, 0.4) is 0 Å². The molecular weight excluding hydrogens is 509 g/mol. The highest BCUT2D eigenvalue weighted by Gasteiger charge is 2.59. The van der Waals surface area contributed by atoms with Crippen molar-refractivity contribution >= 4 is 34.9 Å². The second-order valence-electron chi connectivity index (χ2n) is 10.7. The molecule has 9 heteroatoms. The summed E-state index contributed by atoms with van der Waals surface area (Å²) in [5.41, 5.74) is 0.368. The van der Waals surface area contributed by atoms with E-state index < -0.39 is 17.4 Å². The molecule has 194 valence electrons. The predicted octanol–water partition coefficient (Wildman–Crippen LogP) is 5.14. The van der Waals surface area contributed by atoms with Crippen molar-refractivity contribution in [2.24, 2.45) is 5.41 Å². The Kier molecular flexibility index (Phi) is 7.96. The Labute approximate surface area is 227 Å². The molecule has 4 rings (SSSR count). The van der Waals surface area contributed by atoms with Gasteiger partial charge in [-0.2, -0.15) is 10.4 Å². The van der Waals surface area contributed by atoms with Crippen molar-refractivity contribution in [2.45, 2.75) is 57.2 Å². The number of aliphatic hydroxyl groups is 1. The zero-order valence-electron chi connectivity index (χ0n) is 21.1. The largest absolute Gasteiger partial charge is 0.394 e. The van der Waals surface area contributed by atoms with E-state index >= 15 is 0 Å². The number of hydrogen-bond acceptors (Lipinski definition) is 5. The summed E-state index contributed by atoms with van der Waals surface area (Å²) in [7, 11) is 0. The number of anilines is 1. The van der Waals surface area contributed by atoms with Crippen molar-refractivity contribution in [1.82, 2.24) is 15.1 Å². The van der Waals surface area contributed by atoms with Crippen LogP contribution >= 0.6 is 23.2 Å². The summed E-state index contributed by atoms with van der Waals surface area (Å²) >= 11 is 12.6. The molecular formula is C28H31Cl2N5O2. The van der Waals surface area contributed by atoms with Crippen LogP contribution < -0.4 is 10.6 Å². The maximum absolute atomic E-state index is 13.8. The Bertz CT molecular complexity index is 1290. The number of hydrogen-bond donors (Lipinski definition) is 3. The van der Waals surface area contributed by atoms with Crippen molar-refractivity contribution < 1.29 is 9.90 Å². The van der Waals surface area contributed by atoms with E-state index in [4.69, 9.17) is 23.2 Å². The van der Waals surface area contributed by atoms with E-state index in [1.807, 2.05) is 30.3 Å². The topological polar surface area (TPSA) is 103 Å². The maximum Gasteiger partial charge on any atom is 0.243 e. The number of rotatable bonds is 7. The van der Waals surface area contributed by atoms with Gasteiger partial charge >= 0.3 is 0 Å². The lowest BCUT2D eigenvalue weighted by Gasteiger charge is -2.37. The number of halogens is 2. The van der Waals surface area contributed by atoms with Gasteiger partial charge in [-0.1, -0.05) is 68.2 Å². The molecule has 1 amide bonds. The lowest BCUT2D eigenvalue weighted by atomic mass is 9.63. The maximum atomic E-state index is 13.8. The molecule has 1 aromatic heterocycles. The van der Waals surface area contributed by atoms with Crippen LogP contribution in [0.25, 0.3) is 0 Å². The van der Waals surface area contributed by atoms with Gasteiger partial charge in [-0.25, -0.2) is 0 Å². The van der Waals surface area contributed by atoms with Crippen LogP contribution in [0.1, 0.15) is 44.2 Å². The molecule has 1 aliphatic heterocycles. The molecule has 1 aliphatic rings. The van der Waals surface area contributed by atoms with Crippen LogP contribution in [-0.2, 0) is 16.8 Å². The van der Waals surface area contributed by atoms with Crippen LogP contribution in [0.15, 0.2) is 60.8 Å². The van der Waals surface area contributed by atoms with Gasteiger partial charge < -0.3 is 15.7 Å². The first-order chi connectivity index (χ1) is 17.6. The molecule has 0 bridgehead atoms. The highest BCUT2D eigenvalue weighted by molar-refractivity contribution is 6.30. The zero-order valence-corrected chi connectivity index (χ0v) is 22.6. The molecule has 7 nitrogen and oxygen atoms in total. The smallest absolute Gasteiger partial charge is 0.243 e. The van der Waals surface area contributed by atoms with Crippen LogP contribution in [0.2, 0.25) is 10.0 Å². The first-order valence-electron chi connectivity index (χ1n) is 12.2. The third-order valence-electron chi connectivity index (χ3n) is 6.79. The fourth-order valence-electron chi connectivity index (χ4n) is 5.32. The van der Waals surface area contributed by atoms with Crippen molar-refractivity contribution in [2.75, 3.05) is 11.9 Å². The van der Waals surface area contributed by atoms with E-state index in [-0.39, 0.29) is 24.0 Å². The number of nitrogens with one attached hydrogen (secondary N) is 2. The molecule has 2 aromatic carbocycles. The van der Waals surface area contributed by atoms with E-state index in [1.54, 1.807) is 35.1 Å². The number of nitrogens with zero attached hydrogens (tertiary/aromatic N) is 3. The van der Waals surface area contributed by atoms with Crippen molar-refractivity contribution in [1.29, 1.82) is 5.26 Å². The van der Waals surface area contributed by atoms with Gasteiger partial charge in [0.15, 0.2) is 5.82 Å². The van der Waals surface area contributed by atoms with E-state index in [9.17, 15) is 15.2 Å². The van der Waals surface area contributed by atoms with Crippen molar-refractivity contribution in [3.63, 3.8) is 0 Å². The van der Waals surface area contributed by atoms with Crippen LogP contribution in [0, 0.1) is 16.7 Å². The van der Waals surface area contributed by atoms with E-state index in [0.29, 0.717) is 28.8 Å². The van der Waals surface area contributed by atoms with Crippen molar-refractivity contribution in [3.05, 3.63) is 82.0 Å². The quantitative estimate of drug-likeness (QED) is 0.385. The summed E-state index contributed by atoms with van der Waals surface area (Å²) in [4.78, 5) is 13.8. The number of aliphatic hydroxyl groups excluding tert-OH is 1. The normalized spacial score (nSPS) is 23.5. The second kappa shape index (κ2) is 10.8. The SMILES string of the molecule is CC(C)(C)C[C@@H]1N[C@@H](C(=O)Nc2ccn(CCO)n2)[C@H](c2cccc(Cl)c2)[C@@]1(C#N)c1ccc(Cl)cc1. The summed E-state index contributed by atoms with van der Waals surface area (Å²) in [6.07, 6.45) is 2.34. The number of benzene rings is 2. The Balaban J connectivity index is 1.85. The van der Waals surface area contributed by atoms with Gasteiger partial charge in [0.25, 0.3) is 0 Å². The molecule has 4 atom stereocenters. The standard InChI is InChI=1S/C28H31Cl2N5O2/c1-27(2,3)16-22-28(17-31,19-7-9-20(29)10-8-19)24(18-5-4-6-21(30)15-18)25(32-22)26(37)33-23-11-12-35(34-23)13-14-36/h4-12,15,22,24-25,32,36H,13-14,16H2,1-3H3,(H,33,34,37)/t22-,24-,25+,28-/m0/s1. The average Bonchev–Trinajstić information content (AvgIpc) is 3.41. The molecule has 0 spiro atoms. The number of amides is 1. The Morgan fingerprint density at radius 1 is 1.19 bits per heavy atom. The van der Waals surface area contributed by atoms with Crippen LogP contribution in [0.4, 0.5) is 5.82 Å². The van der Waals surface area contributed by atoms with Gasteiger partial charge in [0, 0.05) is 34.3 Å². The molecule has 0 radical (unpaired) electrons. The van der Waals surface area contributed by atoms with Gasteiger partial charge in [0.1, 0.15) is 5.41 Å². The van der Waals surface area contributed by atoms with E-state index in [0.717, 1.165) is 11.1 Å². The Morgan fingerprint density at radius 3 is 2.54 bits per heavy atom. The summed E-state index contributed by atoms with van der Waals surface area (Å²) in [5, 5.41) is 32.0.